The van der Waals surface area contributed by atoms with Crippen molar-refractivity contribution in [3.05, 3.63) is 56.4 Å². The van der Waals surface area contributed by atoms with Crippen molar-refractivity contribution in [1.29, 1.82) is 0 Å². The van der Waals surface area contributed by atoms with Crippen LogP contribution < -0.4 is 0 Å². The molecule has 1 nitrogen and oxygen atoms in total. The van der Waals surface area contributed by atoms with Crippen LogP contribution in [0.25, 0.3) is 0 Å². The predicted molar refractivity (Wildman–Crippen MR) is 71.7 cm³/mol. The highest BCUT2D eigenvalue weighted by Crippen LogP contribution is 2.24. The Morgan fingerprint density at radius 1 is 1.35 bits per heavy atom. The summed E-state index contributed by atoms with van der Waals surface area (Å²) in [5.74, 6) is -0.336. The fourth-order valence-corrected chi connectivity index (χ4v) is 2.57. The van der Waals surface area contributed by atoms with Gasteiger partial charge in [-0.3, -0.25) is 0 Å². The van der Waals surface area contributed by atoms with Gasteiger partial charge >= 0.3 is 0 Å². The van der Waals surface area contributed by atoms with E-state index < -0.39 is 6.10 Å². The van der Waals surface area contributed by atoms with Crippen LogP contribution in [-0.2, 0) is 6.42 Å². The smallest absolute Gasteiger partial charge is 0.137 e. The maximum Gasteiger partial charge on any atom is 0.137 e. The predicted octanol–water partition coefficient (Wildman–Crippen LogP) is 4.32. The van der Waals surface area contributed by atoms with Gasteiger partial charge < -0.3 is 5.11 Å². The van der Waals surface area contributed by atoms with Crippen molar-refractivity contribution < 1.29 is 9.50 Å². The van der Waals surface area contributed by atoms with Crippen molar-refractivity contribution in [2.75, 3.05) is 0 Å². The van der Waals surface area contributed by atoms with Gasteiger partial charge in [0.05, 0.1) is 10.6 Å². The minimum Gasteiger partial charge on any atom is -0.388 e. The minimum atomic E-state index is -0.613. The molecular weight excluding hydrogens is 303 g/mol. The van der Waals surface area contributed by atoms with Gasteiger partial charge in [-0.2, -0.15) is 11.3 Å². The third-order valence-corrected chi connectivity index (χ3v) is 3.99. The van der Waals surface area contributed by atoms with E-state index in [1.165, 1.54) is 11.6 Å². The fraction of sp³-hybridized carbons (Fsp3) is 0.231. The molecule has 1 atom stereocenters. The van der Waals surface area contributed by atoms with E-state index in [4.69, 9.17) is 0 Å². The topological polar surface area (TPSA) is 20.2 Å². The van der Waals surface area contributed by atoms with Gasteiger partial charge in [0.1, 0.15) is 5.82 Å². The van der Waals surface area contributed by atoms with E-state index >= 15 is 0 Å². The highest BCUT2D eigenvalue weighted by Gasteiger charge is 2.10. The molecule has 0 saturated carbocycles. The van der Waals surface area contributed by atoms with Crippen LogP contribution in [0, 0.1) is 5.82 Å². The van der Waals surface area contributed by atoms with Crippen LogP contribution in [0.4, 0.5) is 4.39 Å². The maximum absolute atomic E-state index is 13.3. The van der Waals surface area contributed by atoms with Crippen molar-refractivity contribution >= 4 is 27.3 Å². The van der Waals surface area contributed by atoms with E-state index in [1.54, 1.807) is 23.5 Å². The van der Waals surface area contributed by atoms with Gasteiger partial charge in [0.15, 0.2) is 0 Å². The van der Waals surface area contributed by atoms with Gasteiger partial charge in [-0.05, 0) is 68.9 Å². The number of benzene rings is 1. The number of aliphatic hydroxyl groups excluding tert-OH is 1. The number of hydrogen-bond acceptors (Lipinski definition) is 2. The number of aryl methyl sites for hydroxylation is 1. The average molecular weight is 315 g/mol. The fourth-order valence-electron chi connectivity index (χ4n) is 1.62. The highest BCUT2D eigenvalue weighted by atomic mass is 79.9. The zero-order chi connectivity index (χ0) is 12.3. The largest absolute Gasteiger partial charge is 0.388 e. The van der Waals surface area contributed by atoms with Gasteiger partial charge in [-0.15, -0.1) is 0 Å². The van der Waals surface area contributed by atoms with Crippen LogP contribution in [0.2, 0.25) is 0 Å². The monoisotopic (exact) mass is 314 g/mol. The van der Waals surface area contributed by atoms with E-state index in [0.717, 1.165) is 6.42 Å². The molecule has 0 spiro atoms. The van der Waals surface area contributed by atoms with Crippen LogP contribution >= 0.6 is 27.3 Å². The van der Waals surface area contributed by atoms with E-state index in [-0.39, 0.29) is 5.82 Å². The molecule has 1 aromatic heterocycles. The summed E-state index contributed by atoms with van der Waals surface area (Å²) in [6.07, 6.45) is 0.803. The van der Waals surface area contributed by atoms with E-state index in [2.05, 4.69) is 21.3 Å². The molecule has 0 aliphatic carbocycles. The molecule has 2 aromatic rings. The number of rotatable bonds is 4. The standard InChI is InChI=1S/C13H12BrFOS/c14-11-3-2-10(7-12(11)15)13(16)4-1-9-5-6-17-8-9/h2-3,5-8,13,16H,1,4H2. The molecule has 4 heteroatoms. The SMILES string of the molecule is OC(CCc1ccsc1)c1ccc(Br)c(F)c1. The van der Waals surface area contributed by atoms with Gasteiger partial charge in [-0.1, -0.05) is 6.07 Å². The second-order valence-electron chi connectivity index (χ2n) is 3.86. The summed E-state index contributed by atoms with van der Waals surface area (Å²) in [5.41, 5.74) is 1.84. The van der Waals surface area contributed by atoms with E-state index in [9.17, 15) is 9.50 Å². The van der Waals surface area contributed by atoms with E-state index in [0.29, 0.717) is 16.5 Å². The lowest BCUT2D eigenvalue weighted by molar-refractivity contribution is 0.167. The average Bonchev–Trinajstić information content (AvgIpc) is 2.82. The molecule has 1 N–H and O–H groups in total. The summed E-state index contributed by atoms with van der Waals surface area (Å²) in [6.45, 7) is 0. The first kappa shape index (κ1) is 12.7. The summed E-state index contributed by atoms with van der Waals surface area (Å²) in [4.78, 5) is 0. The zero-order valence-corrected chi connectivity index (χ0v) is 11.5. The lowest BCUT2D eigenvalue weighted by Gasteiger charge is -2.10. The summed E-state index contributed by atoms with van der Waals surface area (Å²) in [7, 11) is 0. The van der Waals surface area contributed by atoms with Gasteiger partial charge in [0.2, 0.25) is 0 Å². The number of halogens is 2. The van der Waals surface area contributed by atoms with Crippen molar-refractivity contribution in [3.8, 4) is 0 Å². The summed E-state index contributed by atoms with van der Waals surface area (Å²) in [5, 5.41) is 14.0. The lowest BCUT2D eigenvalue weighted by Crippen LogP contribution is -2.00. The Morgan fingerprint density at radius 2 is 2.18 bits per heavy atom. The van der Waals surface area contributed by atoms with Crippen LogP contribution in [0.15, 0.2) is 39.5 Å². The number of hydrogen-bond donors (Lipinski definition) is 1. The summed E-state index contributed by atoms with van der Waals surface area (Å²) >= 11 is 4.74. The maximum atomic E-state index is 13.3. The van der Waals surface area contributed by atoms with Crippen LogP contribution in [-0.4, -0.2) is 5.11 Å². The minimum absolute atomic E-state index is 0.336. The first-order chi connectivity index (χ1) is 8.16. The molecule has 0 bridgehead atoms. The Bertz CT molecular complexity index is 484. The van der Waals surface area contributed by atoms with Crippen molar-refractivity contribution in [3.63, 3.8) is 0 Å². The molecule has 90 valence electrons. The second-order valence-corrected chi connectivity index (χ2v) is 5.49. The van der Waals surface area contributed by atoms with Gasteiger partial charge in [-0.25, -0.2) is 4.39 Å². The van der Waals surface area contributed by atoms with Crippen LogP contribution in [0.1, 0.15) is 23.7 Å². The number of aliphatic hydroxyl groups is 1. The first-order valence-electron chi connectivity index (χ1n) is 5.31. The summed E-state index contributed by atoms with van der Waals surface area (Å²) < 4.78 is 13.7. The van der Waals surface area contributed by atoms with E-state index in [1.807, 2.05) is 11.4 Å². The molecular formula is C13H12BrFOS. The van der Waals surface area contributed by atoms with Crippen molar-refractivity contribution in [1.82, 2.24) is 0 Å². The third-order valence-electron chi connectivity index (χ3n) is 2.61. The third kappa shape index (κ3) is 3.37. The Hall–Kier alpha value is -0.710. The highest BCUT2D eigenvalue weighted by molar-refractivity contribution is 9.10. The molecule has 0 fully saturated rings. The Labute approximate surface area is 112 Å². The van der Waals surface area contributed by atoms with Gasteiger partial charge in [0, 0.05) is 0 Å². The molecule has 17 heavy (non-hydrogen) atoms. The van der Waals surface area contributed by atoms with Crippen molar-refractivity contribution in [2.24, 2.45) is 0 Å². The normalized spacial score (nSPS) is 12.6. The Kier molecular flexibility index (Phi) is 4.31. The van der Waals surface area contributed by atoms with Gasteiger partial charge in [0.25, 0.3) is 0 Å². The molecule has 0 saturated heterocycles. The Balaban J connectivity index is 1.99. The summed E-state index contributed by atoms with van der Waals surface area (Å²) in [6, 6.07) is 6.78. The molecule has 0 radical (unpaired) electrons. The molecule has 1 unspecified atom stereocenters. The molecule has 0 aliphatic rings. The quantitative estimate of drug-likeness (QED) is 0.891. The lowest BCUT2D eigenvalue weighted by atomic mass is 10.0. The van der Waals surface area contributed by atoms with Crippen molar-refractivity contribution in [2.45, 2.75) is 18.9 Å². The van der Waals surface area contributed by atoms with Crippen LogP contribution in [0.3, 0.4) is 0 Å². The second kappa shape index (κ2) is 5.76. The number of thiophene rings is 1. The molecule has 1 aromatic carbocycles. The zero-order valence-electron chi connectivity index (χ0n) is 9.07. The first-order valence-corrected chi connectivity index (χ1v) is 7.04. The Morgan fingerprint density at radius 3 is 2.82 bits per heavy atom. The molecule has 0 aliphatic heterocycles. The van der Waals surface area contributed by atoms with Crippen LogP contribution in [0.5, 0.6) is 0 Å². The molecule has 2 rings (SSSR count). The molecule has 0 amide bonds. The molecule has 1 heterocycles.